The Balaban J connectivity index is 2.82. The molecule has 0 spiro atoms. The van der Waals surface area contributed by atoms with Gasteiger partial charge in [-0.1, -0.05) is 13.8 Å². The molecule has 0 saturated carbocycles. The van der Waals surface area contributed by atoms with Gasteiger partial charge in [0.1, 0.15) is 5.82 Å². The molecular weight excluding hydrogens is 230 g/mol. The van der Waals surface area contributed by atoms with E-state index in [2.05, 4.69) is 34.0 Å². The highest BCUT2D eigenvalue weighted by atomic mass is 16.5. The van der Waals surface area contributed by atoms with Crippen molar-refractivity contribution in [2.24, 2.45) is 5.92 Å². The molecule has 3 N–H and O–H groups in total. The summed E-state index contributed by atoms with van der Waals surface area (Å²) in [5.41, 5.74) is 5.64. The van der Waals surface area contributed by atoms with Gasteiger partial charge in [0.2, 0.25) is 11.8 Å². The van der Waals surface area contributed by atoms with E-state index >= 15 is 0 Å². The number of nitrogens with zero attached hydrogens (tertiary/aromatic N) is 3. The number of methoxy groups -OCH3 is 1. The van der Waals surface area contributed by atoms with Crippen LogP contribution in [0.1, 0.15) is 13.8 Å². The number of ether oxygens (including phenoxy) is 1. The molecule has 0 aliphatic heterocycles. The fourth-order valence-electron chi connectivity index (χ4n) is 1.63. The van der Waals surface area contributed by atoms with Gasteiger partial charge in [-0.3, -0.25) is 0 Å². The zero-order valence-electron chi connectivity index (χ0n) is 11.8. The number of rotatable bonds is 6. The molecule has 1 atom stereocenters. The monoisotopic (exact) mass is 253 g/mol. The van der Waals surface area contributed by atoms with Gasteiger partial charge >= 0.3 is 0 Å². The summed E-state index contributed by atoms with van der Waals surface area (Å²) < 4.78 is 5.08. The zero-order chi connectivity index (χ0) is 13.7. The third-order valence-electron chi connectivity index (χ3n) is 2.63. The first-order valence-electron chi connectivity index (χ1n) is 6.02. The highest BCUT2D eigenvalue weighted by molar-refractivity contribution is 5.43. The summed E-state index contributed by atoms with van der Waals surface area (Å²) >= 11 is 0. The fourth-order valence-corrected chi connectivity index (χ4v) is 1.63. The van der Waals surface area contributed by atoms with Gasteiger partial charge in [0.15, 0.2) is 0 Å². The predicted octanol–water partition coefficient (Wildman–Crippen LogP) is 1.07. The number of nitrogens with one attached hydrogen (secondary N) is 1. The highest BCUT2D eigenvalue weighted by Gasteiger charge is 2.15. The average molecular weight is 253 g/mol. The van der Waals surface area contributed by atoms with Crippen molar-refractivity contribution >= 4 is 11.8 Å². The van der Waals surface area contributed by atoms with Crippen molar-refractivity contribution in [2.75, 3.05) is 38.8 Å². The zero-order valence-corrected chi connectivity index (χ0v) is 11.8. The molecule has 0 aliphatic rings. The van der Waals surface area contributed by atoms with Crippen LogP contribution in [0, 0.1) is 5.92 Å². The van der Waals surface area contributed by atoms with E-state index in [0.717, 1.165) is 6.54 Å². The summed E-state index contributed by atoms with van der Waals surface area (Å²) in [4.78, 5) is 10.3. The Kier molecular flexibility index (Phi) is 5.15. The Morgan fingerprint density at radius 3 is 2.56 bits per heavy atom. The second kappa shape index (κ2) is 6.39. The van der Waals surface area contributed by atoms with E-state index in [1.165, 1.54) is 0 Å². The van der Waals surface area contributed by atoms with Crippen LogP contribution >= 0.6 is 0 Å². The molecule has 1 heterocycles. The minimum atomic E-state index is 0.212. The van der Waals surface area contributed by atoms with Crippen molar-refractivity contribution in [3.8, 4) is 5.88 Å². The molecule has 1 unspecified atom stereocenters. The molecule has 0 radical (unpaired) electrons. The maximum absolute atomic E-state index is 5.64. The molecule has 0 aliphatic carbocycles. The lowest BCUT2D eigenvalue weighted by atomic mass is 10.0. The quantitative estimate of drug-likeness (QED) is 0.789. The molecule has 1 rings (SSSR count). The van der Waals surface area contributed by atoms with E-state index in [1.807, 2.05) is 14.1 Å². The third kappa shape index (κ3) is 4.37. The van der Waals surface area contributed by atoms with Crippen molar-refractivity contribution in [2.45, 2.75) is 19.9 Å². The minimum absolute atomic E-state index is 0.212. The second-order valence-corrected chi connectivity index (χ2v) is 4.91. The third-order valence-corrected chi connectivity index (χ3v) is 2.63. The lowest BCUT2D eigenvalue weighted by molar-refractivity contribution is 0.344. The first kappa shape index (κ1) is 14.5. The Labute approximate surface area is 109 Å². The molecule has 0 amide bonds. The summed E-state index contributed by atoms with van der Waals surface area (Å²) in [6, 6.07) is 2.04. The topological polar surface area (TPSA) is 76.3 Å². The molecule has 0 bridgehead atoms. The lowest BCUT2D eigenvalue weighted by Crippen LogP contribution is -2.36. The molecular formula is C12H23N5O. The summed E-state index contributed by atoms with van der Waals surface area (Å²) in [5, 5.41) is 3.37. The lowest BCUT2D eigenvalue weighted by Gasteiger charge is -2.26. The van der Waals surface area contributed by atoms with Crippen LogP contribution in [0.5, 0.6) is 5.88 Å². The van der Waals surface area contributed by atoms with E-state index in [-0.39, 0.29) is 5.95 Å². The molecule has 6 nitrogen and oxygen atoms in total. The Morgan fingerprint density at radius 2 is 2.06 bits per heavy atom. The predicted molar refractivity (Wildman–Crippen MR) is 73.8 cm³/mol. The van der Waals surface area contributed by atoms with Gasteiger partial charge in [0, 0.05) is 18.7 Å². The van der Waals surface area contributed by atoms with Gasteiger partial charge in [0.25, 0.3) is 0 Å². The normalized spacial score (nSPS) is 12.8. The van der Waals surface area contributed by atoms with Crippen LogP contribution in [0.15, 0.2) is 6.07 Å². The van der Waals surface area contributed by atoms with Crippen molar-refractivity contribution in [3.63, 3.8) is 0 Å². The molecule has 6 heteroatoms. The van der Waals surface area contributed by atoms with E-state index in [1.54, 1.807) is 13.2 Å². The SMILES string of the molecule is COc1cc(NC(CN(C)C)C(C)C)nc(N)n1. The molecule has 102 valence electrons. The maximum atomic E-state index is 5.64. The van der Waals surface area contributed by atoms with Crippen LogP contribution in [0.3, 0.4) is 0 Å². The summed E-state index contributed by atoms with van der Waals surface area (Å²) in [6.45, 7) is 5.26. The van der Waals surface area contributed by atoms with Crippen LogP contribution in [-0.2, 0) is 0 Å². The summed E-state index contributed by atoms with van der Waals surface area (Å²) in [6.07, 6.45) is 0. The average Bonchev–Trinajstić information content (AvgIpc) is 2.26. The number of hydrogen-bond acceptors (Lipinski definition) is 6. The largest absolute Gasteiger partial charge is 0.481 e. The number of anilines is 2. The molecule has 0 fully saturated rings. The number of hydrogen-bond donors (Lipinski definition) is 2. The second-order valence-electron chi connectivity index (χ2n) is 4.91. The van der Waals surface area contributed by atoms with Crippen molar-refractivity contribution in [3.05, 3.63) is 6.07 Å². The number of nitrogen functional groups attached to an aromatic ring is 1. The van der Waals surface area contributed by atoms with Crippen molar-refractivity contribution < 1.29 is 4.74 Å². The van der Waals surface area contributed by atoms with Gasteiger partial charge in [-0.05, 0) is 20.0 Å². The van der Waals surface area contributed by atoms with Gasteiger partial charge < -0.3 is 20.7 Å². The van der Waals surface area contributed by atoms with Crippen molar-refractivity contribution in [1.82, 2.24) is 14.9 Å². The van der Waals surface area contributed by atoms with Gasteiger partial charge in [-0.25, -0.2) is 0 Å². The smallest absolute Gasteiger partial charge is 0.225 e. The van der Waals surface area contributed by atoms with E-state index < -0.39 is 0 Å². The van der Waals surface area contributed by atoms with Gasteiger partial charge in [-0.2, -0.15) is 9.97 Å². The molecule has 18 heavy (non-hydrogen) atoms. The van der Waals surface area contributed by atoms with E-state index in [9.17, 15) is 0 Å². The standard InChI is InChI=1S/C12H23N5O/c1-8(2)9(7-17(3)4)14-10-6-11(18-5)16-12(13)15-10/h6,8-9H,7H2,1-5H3,(H3,13,14,15,16). The molecule has 0 saturated heterocycles. The van der Waals surface area contributed by atoms with E-state index in [0.29, 0.717) is 23.7 Å². The molecule has 0 aromatic carbocycles. The van der Waals surface area contributed by atoms with Crippen LogP contribution in [0.25, 0.3) is 0 Å². The number of nitrogens with two attached hydrogens (primary N) is 1. The first-order valence-corrected chi connectivity index (χ1v) is 6.02. The van der Waals surface area contributed by atoms with Crippen LogP contribution in [0.4, 0.5) is 11.8 Å². The van der Waals surface area contributed by atoms with Crippen LogP contribution in [0.2, 0.25) is 0 Å². The van der Waals surface area contributed by atoms with E-state index in [4.69, 9.17) is 10.5 Å². The Morgan fingerprint density at radius 1 is 1.39 bits per heavy atom. The maximum Gasteiger partial charge on any atom is 0.225 e. The highest BCUT2D eigenvalue weighted by Crippen LogP contribution is 2.17. The molecule has 1 aromatic heterocycles. The number of aromatic nitrogens is 2. The minimum Gasteiger partial charge on any atom is -0.481 e. The fraction of sp³-hybridized carbons (Fsp3) is 0.667. The van der Waals surface area contributed by atoms with Crippen molar-refractivity contribution in [1.29, 1.82) is 0 Å². The van der Waals surface area contributed by atoms with Crippen LogP contribution < -0.4 is 15.8 Å². The van der Waals surface area contributed by atoms with Gasteiger partial charge in [-0.15, -0.1) is 0 Å². The van der Waals surface area contributed by atoms with Crippen LogP contribution in [-0.4, -0.2) is 48.7 Å². The Bertz CT molecular complexity index is 381. The summed E-state index contributed by atoms with van der Waals surface area (Å²) in [7, 11) is 5.66. The Hall–Kier alpha value is -1.56. The summed E-state index contributed by atoms with van der Waals surface area (Å²) in [5.74, 6) is 1.86. The van der Waals surface area contributed by atoms with Gasteiger partial charge in [0.05, 0.1) is 7.11 Å². The molecule has 1 aromatic rings. The first-order chi connectivity index (χ1) is 8.42. The number of likely N-dealkylation sites (N-methyl/N-ethyl adjacent to an activating group) is 1.